The van der Waals surface area contributed by atoms with Crippen LogP contribution in [0.1, 0.15) is 59.9 Å². The van der Waals surface area contributed by atoms with Crippen molar-refractivity contribution in [3.05, 3.63) is 35.2 Å². The summed E-state index contributed by atoms with van der Waals surface area (Å²) in [6.45, 7) is 19.7. The maximum Gasteiger partial charge on any atom is 0.425 e. The lowest BCUT2D eigenvalue weighted by Crippen LogP contribution is -2.56. The monoisotopic (exact) mass is 549 g/mol. The van der Waals surface area contributed by atoms with Crippen LogP contribution < -0.4 is 4.90 Å². The molecule has 0 atom stereocenters. The Bertz CT molecular complexity index is 1240. The van der Waals surface area contributed by atoms with Gasteiger partial charge in [-0.25, -0.2) is 9.64 Å². The number of rotatable bonds is 5. The van der Waals surface area contributed by atoms with E-state index in [1.807, 2.05) is 25.7 Å². The number of hydrogen-bond acceptors (Lipinski definition) is 6. The van der Waals surface area contributed by atoms with Crippen LogP contribution in [-0.4, -0.2) is 75.9 Å². The molecule has 0 bridgehead atoms. The Morgan fingerprint density at radius 3 is 2.35 bits per heavy atom. The highest BCUT2D eigenvalue weighted by Gasteiger charge is 2.52. The van der Waals surface area contributed by atoms with Crippen molar-refractivity contribution in [1.82, 2.24) is 13.5 Å². The fraction of sp³-hybridized carbons (Fsp3) is 0.600. The number of carbonyl (C=O) groups is 2. The molecule has 0 aromatic heterocycles. The highest BCUT2D eigenvalue weighted by Crippen LogP contribution is 2.38. The van der Waals surface area contributed by atoms with Crippen LogP contribution in [-0.2, 0) is 19.7 Å². The summed E-state index contributed by atoms with van der Waals surface area (Å²) in [6, 6.07) is 5.01. The van der Waals surface area contributed by atoms with Crippen molar-refractivity contribution in [3.63, 3.8) is 0 Å². The summed E-state index contributed by atoms with van der Waals surface area (Å²) in [5.41, 5.74) is 0.117. The first-order valence-corrected chi connectivity index (χ1v) is 14.0. The van der Waals surface area contributed by atoms with E-state index in [-0.39, 0.29) is 31.6 Å². The molecule has 12 heteroatoms. The van der Waals surface area contributed by atoms with Crippen molar-refractivity contribution < 1.29 is 22.7 Å². The summed E-state index contributed by atoms with van der Waals surface area (Å²) >= 11 is 5.77. The number of aryl methyl sites for hydroxylation is 1. The summed E-state index contributed by atoms with van der Waals surface area (Å²) in [6.07, 6.45) is -0.0310. The molecule has 2 aliphatic rings. The Labute approximate surface area is 225 Å². The molecule has 10 nitrogen and oxygen atoms in total. The first-order valence-electron chi connectivity index (χ1n) is 12.2. The highest BCUT2D eigenvalue weighted by molar-refractivity contribution is 7.87. The van der Waals surface area contributed by atoms with E-state index in [0.717, 1.165) is 9.87 Å². The predicted molar refractivity (Wildman–Crippen MR) is 146 cm³/mol. The van der Waals surface area contributed by atoms with E-state index in [0.29, 0.717) is 29.3 Å². The van der Waals surface area contributed by atoms with E-state index in [2.05, 4.69) is 4.85 Å². The molecule has 37 heavy (non-hydrogen) atoms. The van der Waals surface area contributed by atoms with Gasteiger partial charge >= 0.3 is 16.3 Å². The molecule has 0 spiro atoms. The Balaban J connectivity index is 1.79. The van der Waals surface area contributed by atoms with Gasteiger partial charge in [0, 0.05) is 31.4 Å². The molecule has 3 rings (SSSR count). The first-order chi connectivity index (χ1) is 17.1. The van der Waals surface area contributed by atoms with E-state index in [1.165, 1.54) is 9.21 Å². The maximum absolute atomic E-state index is 13.5. The molecule has 2 fully saturated rings. The minimum Gasteiger partial charge on any atom is -0.443 e. The largest absolute Gasteiger partial charge is 0.443 e. The minimum atomic E-state index is -4.07. The Kier molecular flexibility index (Phi) is 7.94. The molecule has 2 aliphatic heterocycles. The second kappa shape index (κ2) is 10.2. The van der Waals surface area contributed by atoms with Crippen LogP contribution in [0.2, 0.25) is 0 Å². The van der Waals surface area contributed by atoms with Crippen molar-refractivity contribution in [2.75, 3.05) is 24.5 Å². The quantitative estimate of drug-likeness (QED) is 0.401. The first kappa shape index (κ1) is 28.8. The van der Waals surface area contributed by atoms with Crippen LogP contribution in [0.25, 0.3) is 4.85 Å². The second-order valence-corrected chi connectivity index (χ2v) is 12.9. The van der Waals surface area contributed by atoms with Crippen LogP contribution in [0.4, 0.5) is 16.2 Å². The molecule has 2 saturated heterocycles. The number of nitrogens with zero attached hydrogens (tertiary/aromatic N) is 5. The van der Waals surface area contributed by atoms with Crippen LogP contribution >= 0.6 is 12.2 Å². The molecule has 1 aromatic rings. The van der Waals surface area contributed by atoms with Gasteiger partial charge in [0.15, 0.2) is 10.8 Å². The molecule has 0 radical (unpaired) electrons. The summed E-state index contributed by atoms with van der Waals surface area (Å²) < 4.78 is 33.9. The van der Waals surface area contributed by atoms with E-state index in [1.54, 1.807) is 45.9 Å². The van der Waals surface area contributed by atoms with Gasteiger partial charge in [0.05, 0.1) is 6.57 Å². The third-order valence-electron chi connectivity index (χ3n) is 6.56. The van der Waals surface area contributed by atoms with E-state index >= 15 is 0 Å². The lowest BCUT2D eigenvalue weighted by atomic mass is 9.97. The van der Waals surface area contributed by atoms with Gasteiger partial charge in [-0.05, 0) is 91.2 Å². The van der Waals surface area contributed by atoms with E-state index in [9.17, 15) is 18.0 Å². The zero-order chi connectivity index (χ0) is 27.9. The standard InChI is InChI=1S/C25H35N5O5S2/c1-9-28(23(32)35-24(3,4)5)37(33,34)27-14-12-18(13-15-27)30-22(36)29(21(31)25(30,6)7)19-10-11-20(26-8)17(2)16-19/h10-11,16,18H,9,12-15H2,1-7H3. The average molecular weight is 550 g/mol. The number of piperidine rings is 1. The third kappa shape index (κ3) is 5.44. The summed E-state index contributed by atoms with van der Waals surface area (Å²) in [7, 11) is -4.07. The predicted octanol–water partition coefficient (Wildman–Crippen LogP) is 4.22. The van der Waals surface area contributed by atoms with E-state index < -0.39 is 27.4 Å². The zero-order valence-corrected chi connectivity index (χ0v) is 24.1. The van der Waals surface area contributed by atoms with Crippen molar-refractivity contribution in [3.8, 4) is 0 Å². The van der Waals surface area contributed by atoms with Crippen molar-refractivity contribution in [2.45, 2.75) is 78.5 Å². The number of amides is 2. The SMILES string of the molecule is [C-]#[N+]c1ccc(N2C(=O)C(C)(C)N(C3CCN(S(=O)(=O)N(CC)C(=O)OC(C)(C)C)CC3)C2=S)cc1C. The van der Waals surface area contributed by atoms with Crippen LogP contribution in [0.5, 0.6) is 0 Å². The van der Waals surface area contributed by atoms with E-state index in [4.69, 9.17) is 23.5 Å². The van der Waals surface area contributed by atoms with Crippen LogP contribution in [0, 0.1) is 13.5 Å². The number of thiocarbonyl (C=S) groups is 1. The van der Waals surface area contributed by atoms with Crippen molar-refractivity contribution in [1.29, 1.82) is 0 Å². The second-order valence-electron chi connectivity index (χ2n) is 10.7. The van der Waals surface area contributed by atoms with Gasteiger partial charge in [0.2, 0.25) is 0 Å². The lowest BCUT2D eigenvalue weighted by molar-refractivity contribution is -0.124. The molecule has 0 saturated carbocycles. The summed E-state index contributed by atoms with van der Waals surface area (Å²) in [4.78, 5) is 32.9. The Morgan fingerprint density at radius 2 is 1.86 bits per heavy atom. The number of anilines is 1. The van der Waals surface area contributed by atoms with Crippen LogP contribution in [0.15, 0.2) is 18.2 Å². The van der Waals surface area contributed by atoms with Gasteiger partial charge in [-0.1, -0.05) is 6.07 Å². The van der Waals surface area contributed by atoms with Gasteiger partial charge in [-0.15, -0.1) is 0 Å². The zero-order valence-electron chi connectivity index (χ0n) is 22.4. The Morgan fingerprint density at radius 1 is 1.27 bits per heavy atom. The molecular formula is C25H35N5O5S2. The molecular weight excluding hydrogens is 514 g/mol. The van der Waals surface area contributed by atoms with Gasteiger partial charge in [-0.3, -0.25) is 9.69 Å². The number of hydrogen-bond donors (Lipinski definition) is 0. The molecule has 2 heterocycles. The van der Waals surface area contributed by atoms with Gasteiger partial charge in [0.25, 0.3) is 5.91 Å². The van der Waals surface area contributed by atoms with Crippen molar-refractivity contribution in [2.24, 2.45) is 0 Å². The molecule has 2 amide bonds. The lowest BCUT2D eigenvalue weighted by Gasteiger charge is -2.42. The van der Waals surface area contributed by atoms with Gasteiger partial charge < -0.3 is 9.64 Å². The minimum absolute atomic E-state index is 0.0460. The average Bonchev–Trinajstić information content (AvgIpc) is 2.96. The number of ether oxygens (including phenoxy) is 1. The fourth-order valence-electron chi connectivity index (χ4n) is 4.72. The third-order valence-corrected chi connectivity index (χ3v) is 8.92. The molecule has 1 aromatic carbocycles. The number of benzene rings is 1. The van der Waals surface area contributed by atoms with Crippen LogP contribution in [0.3, 0.4) is 0 Å². The van der Waals surface area contributed by atoms with Gasteiger partial charge in [-0.2, -0.15) is 17.0 Å². The van der Waals surface area contributed by atoms with Crippen molar-refractivity contribution >= 4 is 50.9 Å². The molecule has 0 aliphatic carbocycles. The smallest absolute Gasteiger partial charge is 0.425 e. The number of carbonyl (C=O) groups excluding carboxylic acids is 2. The summed E-state index contributed by atoms with van der Waals surface area (Å²) in [5, 5.41) is 0.357. The Hall–Kier alpha value is -2.75. The fourth-order valence-corrected chi connectivity index (χ4v) is 6.79. The highest BCUT2D eigenvalue weighted by atomic mass is 32.2. The maximum atomic E-state index is 13.5. The molecule has 0 unspecified atom stereocenters. The normalized spacial score (nSPS) is 19.2. The molecule has 202 valence electrons. The van der Waals surface area contributed by atoms with Gasteiger partial charge in [0.1, 0.15) is 11.1 Å². The molecule has 0 N–H and O–H groups in total. The topological polar surface area (TPSA) is 94.8 Å². The summed E-state index contributed by atoms with van der Waals surface area (Å²) in [5.74, 6) is -0.176.